The van der Waals surface area contributed by atoms with E-state index in [2.05, 4.69) is 4.72 Å². The van der Waals surface area contributed by atoms with E-state index in [1.807, 2.05) is 37.3 Å². The first-order valence-electron chi connectivity index (χ1n) is 6.74. The summed E-state index contributed by atoms with van der Waals surface area (Å²) in [6.07, 6.45) is 0. The Morgan fingerprint density at radius 3 is 2.23 bits per heavy atom. The Morgan fingerprint density at radius 2 is 1.64 bits per heavy atom. The first kappa shape index (κ1) is 16.7. The fourth-order valence-corrected chi connectivity index (χ4v) is 3.80. The molecule has 0 fully saturated rings. The van der Waals surface area contributed by atoms with E-state index in [1.54, 1.807) is 19.1 Å². The van der Waals surface area contributed by atoms with E-state index in [9.17, 15) is 13.2 Å². The minimum absolute atomic E-state index is 0.155. The number of hydrogen-bond donors (Lipinski definition) is 1. The van der Waals surface area contributed by atoms with Gasteiger partial charge in [0.25, 0.3) is 0 Å². The maximum absolute atomic E-state index is 12.2. The zero-order valence-electron chi connectivity index (χ0n) is 12.3. The molecule has 22 heavy (non-hydrogen) atoms. The maximum atomic E-state index is 12.2. The van der Waals surface area contributed by atoms with E-state index in [-0.39, 0.29) is 10.0 Å². The Kier molecular flexibility index (Phi) is 5.39. The summed E-state index contributed by atoms with van der Waals surface area (Å²) in [7, 11) is -3.70. The molecule has 116 valence electrons. The molecule has 1 N–H and O–H groups in total. The predicted molar refractivity (Wildman–Crippen MR) is 88.3 cm³/mol. The maximum Gasteiger partial charge on any atom is 0.241 e. The topological polar surface area (TPSA) is 63.2 Å². The molecular formula is C16H17NO3S2. The van der Waals surface area contributed by atoms with E-state index in [0.717, 1.165) is 22.2 Å². The Morgan fingerprint density at radius 1 is 1.05 bits per heavy atom. The van der Waals surface area contributed by atoms with Crippen molar-refractivity contribution in [3.8, 4) is 0 Å². The van der Waals surface area contributed by atoms with Crippen molar-refractivity contribution >= 4 is 26.9 Å². The number of aryl methyl sites for hydroxylation is 1. The summed E-state index contributed by atoms with van der Waals surface area (Å²) in [5.74, 6) is 0. The second-order valence-corrected chi connectivity index (χ2v) is 7.68. The number of thioether (sulfide) groups is 1. The van der Waals surface area contributed by atoms with Crippen molar-refractivity contribution in [1.29, 1.82) is 0 Å². The molecule has 2 aromatic carbocycles. The van der Waals surface area contributed by atoms with Crippen LogP contribution < -0.4 is 4.72 Å². The summed E-state index contributed by atoms with van der Waals surface area (Å²) in [4.78, 5) is 13.1. The molecule has 0 amide bonds. The molecule has 0 radical (unpaired) electrons. The molecule has 0 saturated heterocycles. The van der Waals surface area contributed by atoms with E-state index in [4.69, 9.17) is 0 Å². The molecule has 0 bridgehead atoms. The first-order chi connectivity index (χ1) is 10.4. The van der Waals surface area contributed by atoms with Crippen molar-refractivity contribution in [2.45, 2.75) is 29.7 Å². The van der Waals surface area contributed by atoms with Crippen LogP contribution in [0.5, 0.6) is 0 Å². The van der Waals surface area contributed by atoms with Gasteiger partial charge in [0, 0.05) is 4.90 Å². The average Bonchev–Trinajstić information content (AvgIpc) is 2.48. The largest absolute Gasteiger partial charge is 0.285 e. The Bertz CT molecular complexity index is 741. The summed E-state index contributed by atoms with van der Waals surface area (Å²) in [5, 5.41) is -0.248. The first-order valence-corrected chi connectivity index (χ1v) is 9.04. The summed E-state index contributed by atoms with van der Waals surface area (Å²) >= 11 is 1.02. The second-order valence-electron chi connectivity index (χ2n) is 4.89. The zero-order chi connectivity index (χ0) is 16.2. The van der Waals surface area contributed by atoms with Crippen molar-refractivity contribution in [3.63, 3.8) is 0 Å². The lowest BCUT2D eigenvalue weighted by Gasteiger charge is -2.13. The molecule has 0 saturated carbocycles. The molecule has 0 aliphatic rings. The molecule has 0 heterocycles. The van der Waals surface area contributed by atoms with Crippen molar-refractivity contribution in [2.75, 3.05) is 0 Å². The van der Waals surface area contributed by atoms with Crippen LogP contribution in [0, 0.1) is 6.92 Å². The van der Waals surface area contributed by atoms with Gasteiger partial charge in [-0.15, -0.1) is 0 Å². The smallest absolute Gasteiger partial charge is 0.241 e. The quantitative estimate of drug-likeness (QED) is 0.853. The van der Waals surface area contributed by atoms with Gasteiger partial charge < -0.3 is 0 Å². The summed E-state index contributed by atoms with van der Waals surface area (Å²) in [6.45, 7) is 3.43. The lowest BCUT2D eigenvalue weighted by molar-refractivity contribution is -0.112. The van der Waals surface area contributed by atoms with Crippen LogP contribution in [-0.2, 0) is 14.8 Å². The Balaban J connectivity index is 2.05. The zero-order valence-corrected chi connectivity index (χ0v) is 13.9. The molecule has 4 nitrogen and oxygen atoms in total. The lowest BCUT2D eigenvalue weighted by atomic mass is 10.2. The molecule has 0 spiro atoms. The normalized spacial score (nSPS) is 12.8. The van der Waals surface area contributed by atoms with Gasteiger partial charge in [-0.1, -0.05) is 47.7 Å². The monoisotopic (exact) mass is 335 g/mol. The van der Waals surface area contributed by atoms with Crippen LogP contribution in [0.4, 0.5) is 0 Å². The number of benzene rings is 2. The minimum atomic E-state index is -3.70. The van der Waals surface area contributed by atoms with Crippen LogP contribution in [0.2, 0.25) is 0 Å². The average molecular weight is 335 g/mol. The van der Waals surface area contributed by atoms with E-state index in [1.165, 1.54) is 12.1 Å². The van der Waals surface area contributed by atoms with Gasteiger partial charge in [-0.25, -0.2) is 8.42 Å². The lowest BCUT2D eigenvalue weighted by Crippen LogP contribution is -2.37. The molecule has 0 aliphatic carbocycles. The van der Waals surface area contributed by atoms with Gasteiger partial charge in [-0.3, -0.25) is 4.79 Å². The van der Waals surface area contributed by atoms with Crippen molar-refractivity contribution < 1.29 is 13.2 Å². The van der Waals surface area contributed by atoms with Gasteiger partial charge >= 0.3 is 0 Å². The van der Waals surface area contributed by atoms with Gasteiger partial charge in [0.05, 0.1) is 10.9 Å². The molecule has 0 unspecified atom stereocenters. The van der Waals surface area contributed by atoms with E-state index < -0.39 is 16.1 Å². The van der Waals surface area contributed by atoms with Gasteiger partial charge in [0.2, 0.25) is 15.1 Å². The molecule has 2 rings (SSSR count). The van der Waals surface area contributed by atoms with Gasteiger partial charge in [-0.2, -0.15) is 4.72 Å². The predicted octanol–water partition coefficient (Wildman–Crippen LogP) is 2.98. The molecular weight excluding hydrogens is 318 g/mol. The second kappa shape index (κ2) is 7.09. The van der Waals surface area contributed by atoms with Crippen molar-refractivity contribution in [3.05, 3.63) is 60.2 Å². The van der Waals surface area contributed by atoms with E-state index >= 15 is 0 Å². The third-order valence-corrected chi connectivity index (χ3v) is 5.60. The molecule has 0 aromatic heterocycles. The fourth-order valence-electron chi connectivity index (χ4n) is 1.76. The van der Waals surface area contributed by atoms with Crippen LogP contribution >= 0.6 is 11.8 Å². The fraction of sp³-hybridized carbons (Fsp3) is 0.188. The third kappa shape index (κ3) is 4.43. The van der Waals surface area contributed by atoms with E-state index in [0.29, 0.717) is 0 Å². The van der Waals surface area contributed by atoms with Crippen LogP contribution in [0.15, 0.2) is 64.4 Å². The molecule has 6 heteroatoms. The number of sulfonamides is 1. The van der Waals surface area contributed by atoms with Gasteiger partial charge in [0.15, 0.2) is 0 Å². The molecule has 0 aliphatic heterocycles. The van der Waals surface area contributed by atoms with Crippen LogP contribution in [0.3, 0.4) is 0 Å². The number of carbonyl (C=O) groups is 1. The highest BCUT2D eigenvalue weighted by molar-refractivity contribution is 8.13. The van der Waals surface area contributed by atoms with Crippen LogP contribution in [0.1, 0.15) is 12.5 Å². The number of rotatable bonds is 5. The summed E-state index contributed by atoms with van der Waals surface area (Å²) < 4.78 is 26.9. The highest BCUT2D eigenvalue weighted by Gasteiger charge is 2.22. The molecule has 1 atom stereocenters. The summed E-state index contributed by atoms with van der Waals surface area (Å²) in [6, 6.07) is 14.8. The number of hydrogen-bond acceptors (Lipinski definition) is 4. The van der Waals surface area contributed by atoms with Crippen LogP contribution in [0.25, 0.3) is 0 Å². The highest BCUT2D eigenvalue weighted by atomic mass is 32.2. The summed E-state index contributed by atoms with van der Waals surface area (Å²) in [5.41, 5.74) is 0.975. The molecule has 2 aromatic rings. The number of carbonyl (C=O) groups excluding carboxylic acids is 1. The minimum Gasteiger partial charge on any atom is -0.285 e. The Hall–Kier alpha value is -1.63. The van der Waals surface area contributed by atoms with Crippen molar-refractivity contribution in [1.82, 2.24) is 4.72 Å². The number of nitrogens with one attached hydrogen (secondary N) is 1. The van der Waals surface area contributed by atoms with Gasteiger partial charge in [-0.05, 0) is 38.1 Å². The SMILES string of the molecule is Cc1ccc(S(=O)(=O)N[C@H](C)C(=O)Sc2ccccc2)cc1. The highest BCUT2D eigenvalue weighted by Crippen LogP contribution is 2.20. The standard InChI is InChI=1S/C16H17NO3S2/c1-12-8-10-15(11-9-12)22(19,20)17-13(2)16(18)21-14-6-4-3-5-7-14/h3-11,13,17H,1-2H3/t13-/m1/s1. The van der Waals surface area contributed by atoms with Crippen LogP contribution in [-0.4, -0.2) is 19.6 Å². The van der Waals surface area contributed by atoms with Crippen molar-refractivity contribution in [2.24, 2.45) is 0 Å². The third-order valence-electron chi connectivity index (χ3n) is 2.98. The van der Waals surface area contributed by atoms with Gasteiger partial charge in [0.1, 0.15) is 0 Å². The Labute approximate surface area is 135 Å².